The van der Waals surface area contributed by atoms with Gasteiger partial charge in [0, 0.05) is 45.0 Å². The van der Waals surface area contributed by atoms with Gasteiger partial charge >= 0.3 is 0 Å². The number of nitrogens with one attached hydrogen (secondary N) is 1. The number of hydrogen-bond acceptors (Lipinski definition) is 5. The standard InChI is InChI=1S/C22H28FN3O3S/c1-16-13-19(4-5-20(16)23)30(27,28)24-15-22(26-9-11-29-12-10-26)17-3-6-21-18(14-17)7-8-25(21)2/h3-6,13-14,22,24H,7-12,15H2,1-2H3. The van der Waals surface area contributed by atoms with Gasteiger partial charge in [-0.15, -0.1) is 0 Å². The molecule has 1 fully saturated rings. The second-order valence-corrected chi connectivity index (χ2v) is 9.75. The molecule has 6 nitrogen and oxygen atoms in total. The smallest absolute Gasteiger partial charge is 0.240 e. The zero-order valence-corrected chi connectivity index (χ0v) is 18.2. The highest BCUT2D eigenvalue weighted by atomic mass is 32.2. The number of halogens is 1. The maximum absolute atomic E-state index is 13.6. The number of nitrogens with zero attached hydrogens (tertiary/aromatic N) is 2. The summed E-state index contributed by atoms with van der Waals surface area (Å²) in [7, 11) is -1.66. The number of rotatable bonds is 6. The molecule has 8 heteroatoms. The number of likely N-dealkylation sites (N-methyl/N-ethyl adjacent to an activating group) is 1. The molecule has 162 valence electrons. The minimum absolute atomic E-state index is 0.0812. The molecule has 2 aliphatic rings. The molecule has 1 saturated heterocycles. The molecule has 0 saturated carbocycles. The molecule has 0 spiro atoms. The second-order valence-electron chi connectivity index (χ2n) is 7.99. The number of ether oxygens (including phenoxy) is 1. The first-order valence-corrected chi connectivity index (χ1v) is 11.7. The lowest BCUT2D eigenvalue weighted by molar-refractivity contribution is 0.0172. The predicted molar refractivity (Wildman–Crippen MR) is 115 cm³/mol. The summed E-state index contributed by atoms with van der Waals surface area (Å²) in [5.41, 5.74) is 3.95. The molecular weight excluding hydrogens is 405 g/mol. The van der Waals surface area contributed by atoms with E-state index in [1.54, 1.807) is 6.92 Å². The topological polar surface area (TPSA) is 61.9 Å². The Balaban J connectivity index is 1.58. The molecule has 2 aromatic rings. The summed E-state index contributed by atoms with van der Waals surface area (Å²) in [6.45, 7) is 5.57. The maximum Gasteiger partial charge on any atom is 0.240 e. The first kappa shape index (κ1) is 21.2. The number of benzene rings is 2. The molecule has 0 bridgehead atoms. The second kappa shape index (κ2) is 8.63. The van der Waals surface area contributed by atoms with Crippen molar-refractivity contribution in [2.75, 3.05) is 51.3 Å². The zero-order chi connectivity index (χ0) is 21.3. The van der Waals surface area contributed by atoms with E-state index in [9.17, 15) is 12.8 Å². The average Bonchev–Trinajstić information content (AvgIpc) is 3.11. The highest BCUT2D eigenvalue weighted by Crippen LogP contribution is 2.31. The van der Waals surface area contributed by atoms with Crippen LogP contribution in [-0.4, -0.2) is 59.8 Å². The fourth-order valence-electron chi connectivity index (χ4n) is 4.20. The number of hydrogen-bond donors (Lipinski definition) is 1. The van der Waals surface area contributed by atoms with Gasteiger partial charge in [0.15, 0.2) is 0 Å². The summed E-state index contributed by atoms with van der Waals surface area (Å²) in [5.74, 6) is -0.414. The molecule has 2 heterocycles. The quantitative estimate of drug-likeness (QED) is 0.759. The van der Waals surface area contributed by atoms with E-state index in [1.807, 2.05) is 0 Å². The predicted octanol–water partition coefficient (Wildman–Crippen LogP) is 2.48. The minimum atomic E-state index is -3.74. The molecule has 4 rings (SSSR count). The van der Waals surface area contributed by atoms with Crippen LogP contribution >= 0.6 is 0 Å². The third-order valence-corrected chi connectivity index (χ3v) is 7.43. The summed E-state index contributed by atoms with van der Waals surface area (Å²) in [4.78, 5) is 4.59. The number of fused-ring (bicyclic) bond motifs is 1. The molecule has 2 aromatic carbocycles. The summed E-state index contributed by atoms with van der Waals surface area (Å²) < 4.78 is 47.5. The maximum atomic E-state index is 13.6. The van der Waals surface area contributed by atoms with Crippen molar-refractivity contribution in [3.05, 3.63) is 58.9 Å². The third kappa shape index (κ3) is 4.37. The van der Waals surface area contributed by atoms with Crippen LogP contribution in [0.3, 0.4) is 0 Å². The molecule has 0 aliphatic carbocycles. The SMILES string of the molecule is Cc1cc(S(=O)(=O)NCC(c2ccc3c(c2)CCN3C)N2CCOCC2)ccc1F. The summed E-state index contributed by atoms with van der Waals surface area (Å²) in [6.07, 6.45) is 0.996. The summed E-state index contributed by atoms with van der Waals surface area (Å²) in [5, 5.41) is 0. The van der Waals surface area contributed by atoms with Gasteiger partial charge in [-0.25, -0.2) is 17.5 Å². The largest absolute Gasteiger partial charge is 0.379 e. The zero-order valence-electron chi connectivity index (χ0n) is 17.4. The van der Waals surface area contributed by atoms with E-state index in [2.05, 4.69) is 39.8 Å². The first-order valence-electron chi connectivity index (χ1n) is 10.3. The van der Waals surface area contributed by atoms with Crippen molar-refractivity contribution in [3.8, 4) is 0 Å². The van der Waals surface area contributed by atoms with E-state index < -0.39 is 15.8 Å². The molecule has 1 atom stereocenters. The lowest BCUT2D eigenvalue weighted by Crippen LogP contribution is -2.43. The molecule has 0 amide bonds. The van der Waals surface area contributed by atoms with Gasteiger partial charge < -0.3 is 9.64 Å². The molecule has 0 aromatic heterocycles. The van der Waals surface area contributed by atoms with Crippen LogP contribution in [0.4, 0.5) is 10.1 Å². The van der Waals surface area contributed by atoms with Crippen molar-refractivity contribution in [2.24, 2.45) is 0 Å². The van der Waals surface area contributed by atoms with Gasteiger partial charge in [0.05, 0.1) is 18.1 Å². The van der Waals surface area contributed by atoms with Crippen molar-refractivity contribution in [1.82, 2.24) is 9.62 Å². The minimum Gasteiger partial charge on any atom is -0.379 e. The van der Waals surface area contributed by atoms with Gasteiger partial charge in [-0.3, -0.25) is 4.90 Å². The van der Waals surface area contributed by atoms with Gasteiger partial charge in [0.1, 0.15) is 5.82 Å². The Bertz CT molecular complexity index is 1020. The van der Waals surface area contributed by atoms with Crippen LogP contribution in [-0.2, 0) is 21.2 Å². The first-order chi connectivity index (χ1) is 14.3. The van der Waals surface area contributed by atoms with Crippen LogP contribution in [0, 0.1) is 12.7 Å². The number of aryl methyl sites for hydroxylation is 1. The molecular formula is C22H28FN3O3S. The van der Waals surface area contributed by atoms with Crippen LogP contribution in [0.5, 0.6) is 0 Å². The number of anilines is 1. The van der Waals surface area contributed by atoms with E-state index in [0.717, 1.165) is 31.6 Å². The average molecular weight is 434 g/mol. The monoisotopic (exact) mass is 433 g/mol. The highest BCUT2D eigenvalue weighted by Gasteiger charge is 2.27. The van der Waals surface area contributed by atoms with E-state index in [1.165, 1.54) is 29.4 Å². The summed E-state index contributed by atoms with van der Waals surface area (Å²) >= 11 is 0. The van der Waals surface area contributed by atoms with Crippen LogP contribution in [0.15, 0.2) is 41.3 Å². The van der Waals surface area contributed by atoms with E-state index >= 15 is 0 Å². The van der Waals surface area contributed by atoms with Crippen LogP contribution in [0.2, 0.25) is 0 Å². The number of morpholine rings is 1. The molecule has 2 aliphatic heterocycles. The van der Waals surface area contributed by atoms with Crippen molar-refractivity contribution in [3.63, 3.8) is 0 Å². The van der Waals surface area contributed by atoms with Crippen LogP contribution in [0.25, 0.3) is 0 Å². The fraction of sp³-hybridized carbons (Fsp3) is 0.455. The van der Waals surface area contributed by atoms with Gasteiger partial charge in [0.2, 0.25) is 10.0 Å². The van der Waals surface area contributed by atoms with E-state index in [0.29, 0.717) is 18.8 Å². The Kier molecular flexibility index (Phi) is 6.11. The summed E-state index contributed by atoms with van der Waals surface area (Å²) in [6, 6.07) is 10.2. The van der Waals surface area contributed by atoms with Crippen LogP contribution in [0.1, 0.15) is 22.7 Å². The molecule has 1 N–H and O–H groups in total. The third-order valence-electron chi connectivity index (χ3n) is 6.01. The molecule has 0 radical (unpaired) electrons. The Hall–Kier alpha value is -2.00. The van der Waals surface area contributed by atoms with Gasteiger partial charge in [0.25, 0.3) is 0 Å². The fourth-order valence-corrected chi connectivity index (χ4v) is 5.32. The van der Waals surface area contributed by atoms with Gasteiger partial charge in [-0.05, 0) is 54.3 Å². The normalized spacial score (nSPS) is 18.4. The van der Waals surface area contributed by atoms with Crippen molar-refractivity contribution >= 4 is 15.7 Å². The van der Waals surface area contributed by atoms with Gasteiger partial charge in [-0.2, -0.15) is 0 Å². The lowest BCUT2D eigenvalue weighted by Gasteiger charge is -2.35. The Morgan fingerprint density at radius 3 is 2.63 bits per heavy atom. The number of sulfonamides is 1. The lowest BCUT2D eigenvalue weighted by atomic mass is 10.0. The highest BCUT2D eigenvalue weighted by molar-refractivity contribution is 7.89. The van der Waals surface area contributed by atoms with Crippen LogP contribution < -0.4 is 9.62 Å². The van der Waals surface area contributed by atoms with Crippen molar-refractivity contribution < 1.29 is 17.5 Å². The van der Waals surface area contributed by atoms with Gasteiger partial charge in [-0.1, -0.05) is 12.1 Å². The Labute approximate surface area is 177 Å². The molecule has 1 unspecified atom stereocenters. The molecule has 30 heavy (non-hydrogen) atoms. The van der Waals surface area contributed by atoms with Crippen molar-refractivity contribution in [2.45, 2.75) is 24.3 Å². The van der Waals surface area contributed by atoms with Crippen molar-refractivity contribution in [1.29, 1.82) is 0 Å². The Morgan fingerprint density at radius 2 is 1.90 bits per heavy atom. The Morgan fingerprint density at radius 1 is 1.13 bits per heavy atom. The van der Waals surface area contributed by atoms with E-state index in [-0.39, 0.29) is 17.5 Å². The van der Waals surface area contributed by atoms with E-state index in [4.69, 9.17) is 4.74 Å².